The fourth-order valence-electron chi connectivity index (χ4n) is 12.7. The van der Waals surface area contributed by atoms with Gasteiger partial charge >= 0.3 is 12.1 Å². The van der Waals surface area contributed by atoms with Crippen molar-refractivity contribution in [2.75, 3.05) is 32.1 Å². The van der Waals surface area contributed by atoms with Crippen molar-refractivity contribution < 1.29 is 33.3 Å². The van der Waals surface area contributed by atoms with Gasteiger partial charge in [0.15, 0.2) is 10.8 Å². The summed E-state index contributed by atoms with van der Waals surface area (Å²) in [5.41, 5.74) is 3.94. The molecule has 4 bridgehead atoms. The Labute approximate surface area is 434 Å². The Balaban J connectivity index is 1.01. The van der Waals surface area contributed by atoms with E-state index in [4.69, 9.17) is 34.0 Å². The molecular formula is C56H74N8O7SSi. The normalized spacial score (nSPS) is 22.8. The molecule has 10 rings (SSSR count). The number of thiazole rings is 1. The molecule has 0 aliphatic heterocycles. The minimum Gasteiger partial charge on any atom is -0.455 e. The van der Waals surface area contributed by atoms with Gasteiger partial charge in [-0.15, -0.1) is 0 Å². The number of anilines is 1. The van der Waals surface area contributed by atoms with Gasteiger partial charge in [-0.2, -0.15) is 5.10 Å². The molecule has 0 radical (unpaired) electrons. The van der Waals surface area contributed by atoms with Crippen molar-refractivity contribution in [3.05, 3.63) is 78.0 Å². The topological polar surface area (TPSA) is 165 Å². The molecule has 15 nitrogen and oxygen atoms in total. The van der Waals surface area contributed by atoms with E-state index in [-0.39, 0.29) is 46.3 Å². The summed E-state index contributed by atoms with van der Waals surface area (Å²) in [7, 11) is 0.432. The van der Waals surface area contributed by atoms with Gasteiger partial charge in [-0.05, 0) is 140 Å². The van der Waals surface area contributed by atoms with E-state index in [2.05, 4.69) is 55.4 Å². The number of esters is 1. The van der Waals surface area contributed by atoms with Crippen molar-refractivity contribution in [3.63, 3.8) is 0 Å². The van der Waals surface area contributed by atoms with Gasteiger partial charge in [-0.3, -0.25) is 14.8 Å². The van der Waals surface area contributed by atoms with Crippen LogP contribution in [0.1, 0.15) is 120 Å². The van der Waals surface area contributed by atoms with Crippen LogP contribution in [0.15, 0.2) is 61.1 Å². The number of nitrogens with zero attached hydrogens (tertiary/aromatic N) is 7. The quantitative estimate of drug-likeness (QED) is 0.0557. The lowest BCUT2D eigenvalue weighted by Gasteiger charge is -2.69. The highest BCUT2D eigenvalue weighted by Crippen LogP contribution is 2.72. The number of likely N-dealkylation sites (N-methyl/N-ethyl adjacent to an activating group) is 1. The van der Waals surface area contributed by atoms with Gasteiger partial charge in [0.25, 0.3) is 5.91 Å². The van der Waals surface area contributed by atoms with Crippen LogP contribution in [0.5, 0.6) is 0 Å². The van der Waals surface area contributed by atoms with Gasteiger partial charge in [-0.1, -0.05) is 57.0 Å². The second-order valence-electron chi connectivity index (χ2n) is 25.4. The van der Waals surface area contributed by atoms with E-state index in [1.54, 1.807) is 24.3 Å². The van der Waals surface area contributed by atoms with E-state index in [0.29, 0.717) is 64.9 Å². The van der Waals surface area contributed by atoms with Crippen molar-refractivity contribution in [2.45, 2.75) is 157 Å². The number of hydrogen-bond donors (Lipinski definition) is 1. The van der Waals surface area contributed by atoms with Crippen LogP contribution >= 0.6 is 11.3 Å². The molecule has 2 atom stereocenters. The molecule has 5 heterocycles. The van der Waals surface area contributed by atoms with Crippen molar-refractivity contribution in [2.24, 2.45) is 16.2 Å². The highest BCUT2D eigenvalue weighted by atomic mass is 32.1. The number of aromatic nitrogens is 6. The minimum absolute atomic E-state index is 0.0612. The molecule has 4 saturated carbocycles. The second-order valence-corrected chi connectivity index (χ2v) is 32.1. The maximum Gasteiger partial charge on any atom is 0.410 e. The third-order valence-electron chi connectivity index (χ3n) is 14.6. The van der Waals surface area contributed by atoms with E-state index in [1.807, 2.05) is 94.8 Å². The van der Waals surface area contributed by atoms with Gasteiger partial charge in [0.2, 0.25) is 0 Å². The van der Waals surface area contributed by atoms with Crippen molar-refractivity contribution in [1.29, 1.82) is 0 Å². The fraction of sp³-hybridized carbons (Fsp3) is 0.554. The average molecular weight is 1030 g/mol. The lowest BCUT2D eigenvalue weighted by Crippen LogP contribution is -2.64. The standard InChI is InChI=1S/C56H74N8O7SSi/c1-36-40(26-58-64(36)34-55-29-53(8)28-54(9,30-55)32-56(31-53,33-55)69-21-20-62(10)50(67)71-52(5,6)7)38-18-19-42(59-45(38)48(66)70-51(2,3)4)37-24-39-41(47(65)61-49-60-43-16-14-15-17-44(43)72-49)27-63(46(39)57-25-37)35-68-22-23-73(11,12)13/h14-19,24-27H,20-23,28-35H2,1-13H3,(H,60,61,65). The first-order chi connectivity index (χ1) is 34.1. The molecule has 0 spiro atoms. The predicted molar refractivity (Wildman–Crippen MR) is 290 cm³/mol. The SMILES string of the molecule is Cc1c(-c2ccc(-c3cnc4c(c3)c(C(=O)Nc3nc5ccccc5s3)cn4COCC[Si](C)(C)C)nc2C(=O)OC(C)(C)C)cnn1CC12CC3(C)CC(C)(C1)CC(OCCN(C)C(=O)OC(C)(C)C)(C3)C2. The molecule has 5 aromatic heterocycles. The maximum atomic E-state index is 14.3. The second kappa shape index (κ2) is 19.0. The highest BCUT2D eigenvalue weighted by Gasteiger charge is 2.66. The lowest BCUT2D eigenvalue weighted by molar-refractivity contribution is -0.248. The van der Waals surface area contributed by atoms with Crippen LogP contribution in [0.3, 0.4) is 0 Å². The number of fused-ring (bicyclic) bond motifs is 2. The summed E-state index contributed by atoms with van der Waals surface area (Å²) in [6, 6.07) is 14.5. The predicted octanol–water partition coefficient (Wildman–Crippen LogP) is 12.4. The molecule has 17 heteroatoms. The molecule has 4 aliphatic rings. The van der Waals surface area contributed by atoms with E-state index in [1.165, 1.54) is 11.3 Å². The van der Waals surface area contributed by atoms with E-state index in [9.17, 15) is 14.4 Å². The molecule has 390 valence electrons. The van der Waals surface area contributed by atoms with Crippen LogP contribution in [0.2, 0.25) is 25.7 Å². The highest BCUT2D eigenvalue weighted by molar-refractivity contribution is 7.22. The van der Waals surface area contributed by atoms with Gasteiger partial charge < -0.3 is 28.4 Å². The van der Waals surface area contributed by atoms with Crippen LogP contribution < -0.4 is 5.32 Å². The molecule has 2 amide bonds. The van der Waals surface area contributed by atoms with Crippen LogP contribution in [0.25, 0.3) is 43.6 Å². The summed E-state index contributed by atoms with van der Waals surface area (Å²) >= 11 is 1.42. The number of ether oxygens (including phenoxy) is 4. The number of carbonyl (C=O) groups is 3. The minimum atomic E-state index is -1.34. The van der Waals surface area contributed by atoms with Gasteiger partial charge in [0.05, 0.1) is 39.9 Å². The summed E-state index contributed by atoms with van der Waals surface area (Å²) in [6.45, 7) is 27.5. The zero-order chi connectivity index (χ0) is 52.5. The number of carbonyl (C=O) groups excluding carboxylic acids is 3. The number of rotatable bonds is 16. The largest absolute Gasteiger partial charge is 0.455 e. The van der Waals surface area contributed by atoms with Crippen LogP contribution in [-0.2, 0) is 32.2 Å². The van der Waals surface area contributed by atoms with E-state index in [0.717, 1.165) is 66.0 Å². The summed E-state index contributed by atoms with van der Waals surface area (Å²) in [5, 5.41) is 9.18. The molecule has 0 saturated heterocycles. The first kappa shape index (κ1) is 52.4. The lowest BCUT2D eigenvalue weighted by atomic mass is 9.39. The summed E-state index contributed by atoms with van der Waals surface area (Å²) in [4.78, 5) is 57.5. The Morgan fingerprint density at radius 3 is 2.26 bits per heavy atom. The monoisotopic (exact) mass is 1030 g/mol. The van der Waals surface area contributed by atoms with E-state index < -0.39 is 25.2 Å². The van der Waals surface area contributed by atoms with Gasteiger partial charge in [0.1, 0.15) is 23.6 Å². The van der Waals surface area contributed by atoms with Gasteiger partial charge in [0, 0.05) is 75.0 Å². The number of benzene rings is 1. The summed E-state index contributed by atoms with van der Waals surface area (Å²) in [6.07, 6.45) is 11.2. The first-order valence-electron chi connectivity index (χ1n) is 25.7. The van der Waals surface area contributed by atoms with Crippen molar-refractivity contribution in [3.8, 4) is 22.4 Å². The van der Waals surface area contributed by atoms with Crippen molar-refractivity contribution in [1.82, 2.24) is 34.2 Å². The molecule has 2 unspecified atom stereocenters. The number of para-hydroxylation sites is 1. The van der Waals surface area contributed by atoms with E-state index >= 15 is 0 Å². The number of amides is 2. The molecule has 4 fully saturated rings. The van der Waals surface area contributed by atoms with Crippen molar-refractivity contribution >= 4 is 63.8 Å². The van der Waals surface area contributed by atoms with Gasteiger partial charge in [-0.25, -0.2) is 24.5 Å². The smallest absolute Gasteiger partial charge is 0.410 e. The number of nitrogens with one attached hydrogen (secondary N) is 1. The zero-order valence-corrected chi connectivity index (χ0v) is 47.0. The Kier molecular flexibility index (Phi) is 13.6. The molecule has 1 aromatic carbocycles. The fourth-order valence-corrected chi connectivity index (χ4v) is 14.3. The third kappa shape index (κ3) is 11.6. The zero-order valence-electron chi connectivity index (χ0n) is 45.2. The molecule has 6 aromatic rings. The van der Waals surface area contributed by atoms with Crippen LogP contribution in [0, 0.1) is 23.2 Å². The molecule has 1 N–H and O–H groups in total. The summed E-state index contributed by atoms with van der Waals surface area (Å²) in [5.74, 6) is -0.877. The Bertz CT molecular complexity index is 3030. The number of hydrogen-bond acceptors (Lipinski definition) is 12. The Morgan fingerprint density at radius 1 is 0.863 bits per heavy atom. The average Bonchev–Trinajstić information content (AvgIpc) is 3.95. The maximum absolute atomic E-state index is 14.3. The van der Waals surface area contributed by atoms with Crippen LogP contribution in [0.4, 0.5) is 9.93 Å². The molecular weight excluding hydrogens is 957 g/mol. The third-order valence-corrected chi connectivity index (χ3v) is 17.2. The Morgan fingerprint density at radius 2 is 1.58 bits per heavy atom. The Hall–Kier alpha value is -5.49. The molecule has 73 heavy (non-hydrogen) atoms. The molecule has 4 aliphatic carbocycles. The summed E-state index contributed by atoms with van der Waals surface area (Å²) < 4.78 is 29.7. The first-order valence-corrected chi connectivity index (χ1v) is 30.2. The van der Waals surface area contributed by atoms with Crippen LogP contribution in [-0.4, -0.2) is 104 Å². The number of pyridine rings is 2.